The molecule has 1 heterocycles. The number of rotatable bonds is 7. The molecule has 29 heavy (non-hydrogen) atoms. The minimum Gasteiger partial charge on any atom is -0.497 e. The number of nitrogens with zero attached hydrogens (tertiary/aromatic N) is 1. The van der Waals surface area contributed by atoms with Crippen molar-refractivity contribution in [2.75, 3.05) is 27.3 Å². The molecule has 0 saturated carbocycles. The van der Waals surface area contributed by atoms with Crippen molar-refractivity contribution in [1.82, 2.24) is 10.2 Å². The Morgan fingerprint density at radius 3 is 2.34 bits per heavy atom. The highest BCUT2D eigenvalue weighted by molar-refractivity contribution is 5.94. The van der Waals surface area contributed by atoms with Crippen molar-refractivity contribution in [3.8, 4) is 11.5 Å². The normalized spacial score (nSPS) is 19.1. The summed E-state index contributed by atoms with van der Waals surface area (Å²) in [6.07, 6.45) is 0.141. The van der Waals surface area contributed by atoms with Gasteiger partial charge in [0, 0.05) is 43.4 Å². The van der Waals surface area contributed by atoms with Crippen molar-refractivity contribution in [1.29, 1.82) is 0 Å². The van der Waals surface area contributed by atoms with Gasteiger partial charge in [-0.15, -0.1) is 0 Å². The molecule has 1 aliphatic heterocycles. The molecular weight excluding hydrogens is 368 g/mol. The Labute approximate surface area is 172 Å². The van der Waals surface area contributed by atoms with Crippen LogP contribution in [0.15, 0.2) is 42.5 Å². The lowest BCUT2D eigenvalue weighted by Gasteiger charge is -2.35. The molecule has 2 aromatic rings. The lowest BCUT2D eigenvalue weighted by atomic mass is 10.1. The van der Waals surface area contributed by atoms with Crippen LogP contribution in [-0.2, 0) is 17.8 Å². The Bertz CT molecular complexity index is 812. The number of methoxy groups -OCH3 is 2. The van der Waals surface area contributed by atoms with E-state index < -0.39 is 0 Å². The second kappa shape index (κ2) is 9.76. The molecule has 0 bridgehead atoms. The molecule has 1 saturated heterocycles. The predicted octanol–water partition coefficient (Wildman–Crippen LogP) is 3.24. The standard InChI is InChI=1S/C23H30N2O4/c1-16-14-25(15-17(2)29-16)23(26)19-7-5-18(6-8-19)12-24-13-20-9-10-21(27-3)11-22(20)28-4/h5-11,16-17,24H,12-15H2,1-4H3/t16-,17+. The van der Waals surface area contributed by atoms with E-state index in [0.717, 1.165) is 22.6 Å². The molecule has 6 heteroatoms. The largest absolute Gasteiger partial charge is 0.497 e. The molecule has 0 spiro atoms. The molecule has 0 aliphatic carbocycles. The van der Waals surface area contributed by atoms with E-state index in [-0.39, 0.29) is 18.1 Å². The quantitative estimate of drug-likeness (QED) is 0.776. The molecule has 1 fully saturated rings. The third-order valence-electron chi connectivity index (χ3n) is 5.05. The van der Waals surface area contributed by atoms with E-state index in [0.29, 0.717) is 31.7 Å². The number of amides is 1. The molecule has 3 rings (SSSR count). The molecule has 1 aliphatic rings. The Morgan fingerprint density at radius 2 is 1.72 bits per heavy atom. The average molecular weight is 399 g/mol. The van der Waals surface area contributed by atoms with Crippen LogP contribution in [0.25, 0.3) is 0 Å². The predicted molar refractivity (Wildman–Crippen MR) is 112 cm³/mol. The minimum absolute atomic E-state index is 0.0643. The van der Waals surface area contributed by atoms with E-state index in [1.54, 1.807) is 14.2 Å². The van der Waals surface area contributed by atoms with Crippen molar-refractivity contribution >= 4 is 5.91 Å². The van der Waals surface area contributed by atoms with Gasteiger partial charge >= 0.3 is 0 Å². The summed E-state index contributed by atoms with van der Waals surface area (Å²) in [7, 11) is 3.30. The summed E-state index contributed by atoms with van der Waals surface area (Å²) in [5, 5.41) is 3.42. The molecule has 0 aromatic heterocycles. The van der Waals surface area contributed by atoms with Crippen molar-refractivity contribution in [2.45, 2.75) is 39.1 Å². The molecule has 2 atom stereocenters. The molecule has 6 nitrogen and oxygen atoms in total. The van der Waals surface area contributed by atoms with Crippen LogP contribution in [0.3, 0.4) is 0 Å². The topological polar surface area (TPSA) is 60.0 Å². The number of morpholine rings is 1. The van der Waals surface area contributed by atoms with Crippen LogP contribution in [0.1, 0.15) is 35.3 Å². The summed E-state index contributed by atoms with van der Waals surface area (Å²) in [6.45, 7) is 6.66. The number of hydrogen-bond donors (Lipinski definition) is 1. The van der Waals surface area contributed by atoms with Crippen molar-refractivity contribution < 1.29 is 19.0 Å². The van der Waals surface area contributed by atoms with E-state index >= 15 is 0 Å². The number of nitrogens with one attached hydrogen (secondary N) is 1. The molecule has 0 radical (unpaired) electrons. The summed E-state index contributed by atoms with van der Waals surface area (Å²) in [6, 6.07) is 13.6. The zero-order chi connectivity index (χ0) is 20.8. The highest BCUT2D eigenvalue weighted by atomic mass is 16.5. The van der Waals surface area contributed by atoms with Gasteiger partial charge in [-0.1, -0.05) is 18.2 Å². The van der Waals surface area contributed by atoms with E-state index in [2.05, 4.69) is 5.32 Å². The van der Waals surface area contributed by atoms with Crippen LogP contribution in [0.4, 0.5) is 0 Å². The maximum atomic E-state index is 12.8. The van der Waals surface area contributed by atoms with E-state index in [1.165, 1.54) is 0 Å². The van der Waals surface area contributed by atoms with Crippen LogP contribution in [0, 0.1) is 0 Å². The van der Waals surface area contributed by atoms with Crippen LogP contribution < -0.4 is 14.8 Å². The zero-order valence-corrected chi connectivity index (χ0v) is 17.6. The first-order valence-corrected chi connectivity index (χ1v) is 9.95. The smallest absolute Gasteiger partial charge is 0.254 e. The van der Waals surface area contributed by atoms with Crippen molar-refractivity contribution in [2.24, 2.45) is 0 Å². The van der Waals surface area contributed by atoms with E-state index in [1.807, 2.05) is 61.2 Å². The Morgan fingerprint density at radius 1 is 1.03 bits per heavy atom. The van der Waals surface area contributed by atoms with Crippen LogP contribution in [0.5, 0.6) is 11.5 Å². The number of benzene rings is 2. The van der Waals surface area contributed by atoms with Crippen LogP contribution in [0.2, 0.25) is 0 Å². The molecule has 0 unspecified atom stereocenters. The zero-order valence-electron chi connectivity index (χ0n) is 17.6. The third-order valence-corrected chi connectivity index (χ3v) is 5.05. The maximum absolute atomic E-state index is 12.8. The number of hydrogen-bond acceptors (Lipinski definition) is 5. The molecule has 1 amide bonds. The molecule has 156 valence electrons. The Hall–Kier alpha value is -2.57. The maximum Gasteiger partial charge on any atom is 0.254 e. The monoisotopic (exact) mass is 398 g/mol. The molecule has 1 N–H and O–H groups in total. The van der Waals surface area contributed by atoms with Gasteiger partial charge in [0.05, 0.1) is 26.4 Å². The number of carbonyl (C=O) groups excluding carboxylic acids is 1. The van der Waals surface area contributed by atoms with Crippen LogP contribution >= 0.6 is 0 Å². The first-order valence-electron chi connectivity index (χ1n) is 9.95. The lowest BCUT2D eigenvalue weighted by molar-refractivity contribution is -0.0586. The molecule has 2 aromatic carbocycles. The summed E-state index contributed by atoms with van der Waals surface area (Å²) in [5.74, 6) is 1.64. The van der Waals surface area contributed by atoms with Gasteiger partial charge in [0.1, 0.15) is 11.5 Å². The van der Waals surface area contributed by atoms with Gasteiger partial charge in [-0.2, -0.15) is 0 Å². The minimum atomic E-state index is 0.0643. The summed E-state index contributed by atoms with van der Waals surface area (Å²) >= 11 is 0. The first kappa shape index (κ1) is 21.1. The van der Waals surface area contributed by atoms with Crippen LogP contribution in [-0.4, -0.2) is 50.3 Å². The van der Waals surface area contributed by atoms with Crippen molar-refractivity contribution in [3.05, 3.63) is 59.2 Å². The number of ether oxygens (including phenoxy) is 3. The third kappa shape index (κ3) is 5.49. The average Bonchev–Trinajstić information content (AvgIpc) is 2.73. The fourth-order valence-corrected chi connectivity index (χ4v) is 3.63. The first-order chi connectivity index (χ1) is 14.0. The van der Waals surface area contributed by atoms with Gasteiger partial charge in [-0.3, -0.25) is 4.79 Å². The van der Waals surface area contributed by atoms with Gasteiger partial charge in [0.15, 0.2) is 0 Å². The van der Waals surface area contributed by atoms with E-state index in [4.69, 9.17) is 14.2 Å². The fourth-order valence-electron chi connectivity index (χ4n) is 3.63. The SMILES string of the molecule is COc1ccc(CNCc2ccc(C(=O)N3C[C@@H](C)O[C@@H](C)C3)cc2)c(OC)c1. The molecular formula is C23H30N2O4. The second-order valence-electron chi connectivity index (χ2n) is 7.45. The van der Waals surface area contributed by atoms with Gasteiger partial charge in [0.25, 0.3) is 5.91 Å². The van der Waals surface area contributed by atoms with Gasteiger partial charge in [-0.05, 0) is 37.6 Å². The highest BCUT2D eigenvalue weighted by Crippen LogP contribution is 2.24. The highest BCUT2D eigenvalue weighted by Gasteiger charge is 2.26. The van der Waals surface area contributed by atoms with Gasteiger partial charge in [0.2, 0.25) is 0 Å². The summed E-state index contributed by atoms with van der Waals surface area (Å²) in [5.41, 5.74) is 2.90. The van der Waals surface area contributed by atoms with Gasteiger partial charge < -0.3 is 24.4 Å². The summed E-state index contributed by atoms with van der Waals surface area (Å²) in [4.78, 5) is 14.6. The lowest BCUT2D eigenvalue weighted by Crippen LogP contribution is -2.48. The Balaban J connectivity index is 1.55. The Kier molecular flexibility index (Phi) is 7.12. The van der Waals surface area contributed by atoms with Gasteiger partial charge in [-0.25, -0.2) is 0 Å². The van der Waals surface area contributed by atoms with Crippen molar-refractivity contribution in [3.63, 3.8) is 0 Å². The second-order valence-corrected chi connectivity index (χ2v) is 7.45. The number of carbonyl (C=O) groups is 1. The fraction of sp³-hybridized carbons (Fsp3) is 0.435. The summed E-state index contributed by atoms with van der Waals surface area (Å²) < 4.78 is 16.4. The van der Waals surface area contributed by atoms with E-state index in [9.17, 15) is 4.79 Å².